The molecule has 0 radical (unpaired) electrons. The predicted octanol–water partition coefficient (Wildman–Crippen LogP) is 1.52. The average molecular weight is 100 g/mol. The van der Waals surface area contributed by atoms with E-state index in [9.17, 15) is 4.79 Å². The molecule has 0 bridgehead atoms. The van der Waals surface area contributed by atoms with Crippen LogP contribution in [-0.4, -0.2) is 5.78 Å². The Bertz CT molecular complexity index is 131. The second-order valence-electron chi connectivity index (χ2n) is 1.82. The van der Waals surface area contributed by atoms with E-state index in [1.54, 1.807) is 0 Å². The van der Waals surface area contributed by atoms with Crippen molar-refractivity contribution in [2.75, 3.05) is 0 Å². The molecule has 0 aromatic carbocycles. The minimum Gasteiger partial charge on any atom is -0.300 e. The van der Waals surface area contributed by atoms with Crippen LogP contribution in [0.25, 0.3) is 0 Å². The first-order valence-corrected chi connectivity index (χ1v) is 2.62. The SMILES string of the molecule is [2H]C1([2H])CCCC(=O)C1. The van der Waals surface area contributed by atoms with Crippen molar-refractivity contribution in [3.63, 3.8) is 0 Å². The molecule has 0 N–H and O–H groups in total. The van der Waals surface area contributed by atoms with Gasteiger partial charge in [-0.05, 0) is 12.8 Å². The highest BCUT2D eigenvalue weighted by Crippen LogP contribution is 2.12. The smallest absolute Gasteiger partial charge is 0.132 e. The summed E-state index contributed by atoms with van der Waals surface area (Å²) in [5.41, 5.74) is 0. The summed E-state index contributed by atoms with van der Waals surface area (Å²) in [5.74, 6) is 0.0752. The Labute approximate surface area is 46.5 Å². The summed E-state index contributed by atoms with van der Waals surface area (Å²) < 4.78 is 14.4. The number of carbonyl (C=O) groups is 1. The average Bonchev–Trinajstić information content (AvgIpc) is 1.60. The highest BCUT2D eigenvalue weighted by Gasteiger charge is 2.05. The van der Waals surface area contributed by atoms with Crippen LogP contribution in [0.4, 0.5) is 0 Å². The minimum absolute atomic E-state index is 0.0752. The van der Waals surface area contributed by atoms with E-state index < -0.39 is 6.37 Å². The summed E-state index contributed by atoms with van der Waals surface area (Å²) in [6.07, 6.45) is 0.798. The van der Waals surface area contributed by atoms with Gasteiger partial charge in [0.05, 0.1) is 0 Å². The second kappa shape index (κ2) is 2.10. The molecule has 1 fully saturated rings. The molecule has 1 aliphatic rings. The summed E-state index contributed by atoms with van der Waals surface area (Å²) >= 11 is 0. The fraction of sp³-hybridized carbons (Fsp3) is 0.833. The highest BCUT2D eigenvalue weighted by molar-refractivity contribution is 5.78. The molecular weight excluding hydrogens is 88.1 g/mol. The zero-order valence-corrected chi connectivity index (χ0v) is 4.24. The van der Waals surface area contributed by atoms with Crippen molar-refractivity contribution in [1.82, 2.24) is 0 Å². The van der Waals surface area contributed by atoms with Crippen molar-refractivity contribution in [3.05, 3.63) is 0 Å². The van der Waals surface area contributed by atoms with Crippen LogP contribution in [0.2, 0.25) is 0 Å². The van der Waals surface area contributed by atoms with Gasteiger partial charge in [-0.25, -0.2) is 0 Å². The molecule has 1 heteroatoms. The lowest BCUT2D eigenvalue weighted by Crippen LogP contribution is -2.02. The van der Waals surface area contributed by atoms with Crippen LogP contribution in [0.1, 0.15) is 34.8 Å². The van der Waals surface area contributed by atoms with E-state index in [2.05, 4.69) is 0 Å². The van der Waals surface area contributed by atoms with Crippen LogP contribution in [0.5, 0.6) is 0 Å². The number of carbonyl (C=O) groups excluding carboxylic acids is 1. The number of ketones is 1. The third-order valence-electron chi connectivity index (χ3n) is 1.13. The monoisotopic (exact) mass is 100 g/mol. The summed E-state index contributed by atoms with van der Waals surface area (Å²) in [5, 5.41) is 0. The predicted molar refractivity (Wildman–Crippen MR) is 28.1 cm³/mol. The van der Waals surface area contributed by atoms with Gasteiger partial charge in [-0.1, -0.05) is 6.42 Å². The summed E-state index contributed by atoms with van der Waals surface area (Å²) in [6, 6.07) is 0. The van der Waals surface area contributed by atoms with Crippen LogP contribution in [0.3, 0.4) is 0 Å². The minimum atomic E-state index is -1.20. The molecule has 0 heterocycles. The van der Waals surface area contributed by atoms with Crippen molar-refractivity contribution in [2.24, 2.45) is 0 Å². The van der Waals surface area contributed by atoms with Gasteiger partial charge >= 0.3 is 0 Å². The molecule has 0 aromatic rings. The Kier molecular flexibility index (Phi) is 0.857. The number of rotatable bonds is 0. The molecule has 0 saturated heterocycles. The first kappa shape index (κ1) is 2.85. The molecule has 40 valence electrons. The van der Waals surface area contributed by atoms with Crippen molar-refractivity contribution < 1.29 is 7.54 Å². The van der Waals surface area contributed by atoms with Crippen molar-refractivity contribution >= 4 is 5.78 Å². The maximum absolute atomic E-state index is 10.6. The van der Waals surface area contributed by atoms with E-state index in [0.29, 0.717) is 12.8 Å². The van der Waals surface area contributed by atoms with Crippen molar-refractivity contribution in [3.8, 4) is 0 Å². The third-order valence-corrected chi connectivity index (χ3v) is 1.13. The van der Waals surface area contributed by atoms with E-state index >= 15 is 0 Å². The molecule has 0 aromatic heterocycles. The molecule has 0 unspecified atom stereocenters. The van der Waals surface area contributed by atoms with Gasteiger partial charge in [-0.15, -0.1) is 0 Å². The van der Waals surface area contributed by atoms with E-state index in [1.807, 2.05) is 0 Å². The lowest BCUT2D eigenvalue weighted by Gasteiger charge is -2.05. The van der Waals surface area contributed by atoms with Crippen LogP contribution in [0, 0.1) is 0 Å². The molecule has 0 aliphatic heterocycles. The van der Waals surface area contributed by atoms with Gasteiger partial charge in [-0.2, -0.15) is 0 Å². The molecule has 0 amide bonds. The van der Waals surface area contributed by atoms with Gasteiger partial charge in [0, 0.05) is 15.6 Å². The van der Waals surface area contributed by atoms with Crippen molar-refractivity contribution in [2.45, 2.75) is 32.1 Å². The van der Waals surface area contributed by atoms with Crippen LogP contribution in [0.15, 0.2) is 0 Å². The fourth-order valence-electron chi connectivity index (χ4n) is 0.727. The van der Waals surface area contributed by atoms with Gasteiger partial charge in [0.2, 0.25) is 0 Å². The van der Waals surface area contributed by atoms with E-state index in [1.165, 1.54) is 0 Å². The molecule has 1 nitrogen and oxygen atoms in total. The first-order valence-electron chi connectivity index (χ1n) is 3.62. The first-order chi connectivity index (χ1) is 4.10. The summed E-state index contributed by atoms with van der Waals surface area (Å²) in [7, 11) is 0. The largest absolute Gasteiger partial charge is 0.300 e. The lowest BCUT2D eigenvalue weighted by molar-refractivity contribution is -0.120. The zero-order valence-electron chi connectivity index (χ0n) is 6.24. The highest BCUT2D eigenvalue weighted by atomic mass is 16.1. The maximum Gasteiger partial charge on any atom is 0.132 e. The fourth-order valence-corrected chi connectivity index (χ4v) is 0.727. The Morgan fingerprint density at radius 2 is 2.29 bits per heavy atom. The maximum atomic E-state index is 10.6. The summed E-state index contributed by atoms with van der Waals surface area (Å²) in [6.45, 7) is 0. The summed E-state index contributed by atoms with van der Waals surface area (Å²) in [4.78, 5) is 10.6. The van der Waals surface area contributed by atoms with Crippen LogP contribution >= 0.6 is 0 Å². The van der Waals surface area contributed by atoms with Gasteiger partial charge in [-0.3, -0.25) is 4.79 Å². The number of hydrogen-bond donors (Lipinski definition) is 0. The van der Waals surface area contributed by atoms with Gasteiger partial charge < -0.3 is 0 Å². The number of hydrogen-bond acceptors (Lipinski definition) is 1. The standard InChI is InChI=1S/C6H10O/c7-6-4-2-1-3-5-6/h1-5H2/i2D2. The molecule has 1 aliphatic carbocycles. The van der Waals surface area contributed by atoms with E-state index in [-0.39, 0.29) is 12.2 Å². The third kappa shape index (κ3) is 1.30. The number of Topliss-reactive ketones (excluding diaryl/α,β-unsaturated/α-hetero) is 1. The normalized spacial score (nSPS) is 34.0. The molecule has 7 heavy (non-hydrogen) atoms. The zero-order chi connectivity index (χ0) is 6.91. The van der Waals surface area contributed by atoms with Gasteiger partial charge in [0.15, 0.2) is 0 Å². The van der Waals surface area contributed by atoms with E-state index in [4.69, 9.17) is 2.74 Å². The van der Waals surface area contributed by atoms with Crippen LogP contribution < -0.4 is 0 Å². The topological polar surface area (TPSA) is 17.1 Å². The van der Waals surface area contributed by atoms with E-state index in [0.717, 1.165) is 6.42 Å². The molecule has 0 spiro atoms. The Morgan fingerprint density at radius 1 is 1.43 bits per heavy atom. The molecule has 1 saturated carbocycles. The van der Waals surface area contributed by atoms with Crippen LogP contribution in [-0.2, 0) is 4.79 Å². The van der Waals surface area contributed by atoms with Gasteiger partial charge in [0.1, 0.15) is 5.78 Å². The quantitative estimate of drug-likeness (QED) is 0.451. The molecule has 0 atom stereocenters. The molecular formula is C6H10O. The second-order valence-corrected chi connectivity index (χ2v) is 1.82. The Hall–Kier alpha value is -0.330. The van der Waals surface area contributed by atoms with Gasteiger partial charge in [0.25, 0.3) is 0 Å². The molecule has 1 rings (SSSR count). The Balaban J connectivity index is 2.51. The van der Waals surface area contributed by atoms with Crippen molar-refractivity contribution in [1.29, 1.82) is 0 Å². The Morgan fingerprint density at radius 3 is 2.71 bits per heavy atom. The lowest BCUT2D eigenvalue weighted by atomic mass is 10.00.